The first kappa shape index (κ1) is 23.9. The molecule has 0 saturated heterocycles. The van der Waals surface area contributed by atoms with E-state index in [9.17, 15) is 0 Å². The maximum absolute atomic E-state index is 15.0. The predicted molar refractivity (Wildman–Crippen MR) is 159 cm³/mol. The van der Waals surface area contributed by atoms with E-state index in [4.69, 9.17) is 9.97 Å². The van der Waals surface area contributed by atoms with Crippen LogP contribution in [0.15, 0.2) is 133 Å². The molecule has 0 amide bonds. The number of aromatic nitrogens is 2. The Labute approximate surface area is 230 Å². The Bertz CT molecular complexity index is 1870. The molecule has 0 bridgehead atoms. The minimum Gasteiger partial charge on any atom is -0.245 e. The van der Waals surface area contributed by atoms with Gasteiger partial charge in [0.1, 0.15) is 11.6 Å². The van der Waals surface area contributed by atoms with Crippen molar-refractivity contribution in [3.05, 3.63) is 145 Å². The SMILES string of the molecule is Fc1ccccc1-c1cc(-c2ccccc2)c2ccc3c(-c4ccccc4)cc(-c4ccccc4F)nc3c2n1. The van der Waals surface area contributed by atoms with Gasteiger partial charge in [-0.05, 0) is 58.7 Å². The highest BCUT2D eigenvalue weighted by Crippen LogP contribution is 2.39. The third kappa shape index (κ3) is 4.11. The van der Waals surface area contributed by atoms with Crippen LogP contribution in [0.3, 0.4) is 0 Å². The number of fused-ring (bicyclic) bond motifs is 3. The van der Waals surface area contributed by atoms with E-state index in [1.54, 1.807) is 36.4 Å². The molecular weight excluding hydrogens is 498 g/mol. The van der Waals surface area contributed by atoms with Crippen LogP contribution in [0.2, 0.25) is 0 Å². The fourth-order valence-electron chi connectivity index (χ4n) is 5.30. The zero-order valence-corrected chi connectivity index (χ0v) is 21.4. The first-order valence-electron chi connectivity index (χ1n) is 13.1. The molecule has 0 atom stereocenters. The lowest BCUT2D eigenvalue weighted by Crippen LogP contribution is -1.97. The number of nitrogens with zero attached hydrogens (tertiary/aromatic N) is 2. The molecule has 4 heteroatoms. The Morgan fingerprint density at radius 2 is 0.750 bits per heavy atom. The topological polar surface area (TPSA) is 25.8 Å². The maximum atomic E-state index is 15.0. The van der Waals surface area contributed by atoms with Crippen LogP contribution in [0.5, 0.6) is 0 Å². The summed E-state index contributed by atoms with van der Waals surface area (Å²) in [6.07, 6.45) is 0. The summed E-state index contributed by atoms with van der Waals surface area (Å²) in [4.78, 5) is 10.0. The molecule has 0 fully saturated rings. The van der Waals surface area contributed by atoms with Crippen molar-refractivity contribution in [3.8, 4) is 44.8 Å². The predicted octanol–water partition coefficient (Wildman–Crippen LogP) is 9.73. The molecule has 7 aromatic rings. The first-order chi connectivity index (χ1) is 19.7. The molecular formula is C36H22F2N2. The Balaban J connectivity index is 1.63. The average Bonchev–Trinajstić information content (AvgIpc) is 3.01. The quantitative estimate of drug-likeness (QED) is 0.216. The second-order valence-corrected chi connectivity index (χ2v) is 9.66. The van der Waals surface area contributed by atoms with Crippen molar-refractivity contribution in [2.24, 2.45) is 0 Å². The molecule has 0 aliphatic carbocycles. The summed E-state index contributed by atoms with van der Waals surface area (Å²) in [6.45, 7) is 0. The highest BCUT2D eigenvalue weighted by atomic mass is 19.1. The third-order valence-electron chi connectivity index (χ3n) is 7.23. The van der Waals surface area contributed by atoms with Crippen molar-refractivity contribution in [2.45, 2.75) is 0 Å². The van der Waals surface area contributed by atoms with Gasteiger partial charge < -0.3 is 0 Å². The number of hydrogen-bond donors (Lipinski definition) is 0. The van der Waals surface area contributed by atoms with Crippen molar-refractivity contribution in [2.75, 3.05) is 0 Å². The molecule has 7 rings (SSSR count). The molecule has 2 nitrogen and oxygen atoms in total. The number of hydrogen-bond acceptors (Lipinski definition) is 2. The molecule has 0 spiro atoms. The summed E-state index contributed by atoms with van der Waals surface area (Å²) < 4.78 is 30.1. The second-order valence-electron chi connectivity index (χ2n) is 9.66. The molecule has 190 valence electrons. The van der Waals surface area contributed by atoms with Gasteiger partial charge in [0.2, 0.25) is 0 Å². The normalized spacial score (nSPS) is 11.2. The minimum atomic E-state index is -0.349. The van der Waals surface area contributed by atoms with Gasteiger partial charge in [0.25, 0.3) is 0 Å². The summed E-state index contributed by atoms with van der Waals surface area (Å²) in [7, 11) is 0. The standard InChI is InChI=1S/C36H22F2N2/c37-31-17-9-7-15-27(31)33-21-29(23-11-3-1-4-12-23)25-19-20-26-30(24-13-5-2-6-14-24)22-34(40-36(26)35(25)39-33)28-16-8-10-18-32(28)38/h1-22H. The van der Waals surface area contributed by atoms with E-state index >= 15 is 8.78 Å². The van der Waals surface area contributed by atoms with E-state index in [1.165, 1.54) is 12.1 Å². The number of pyridine rings is 2. The molecule has 0 aliphatic heterocycles. The van der Waals surface area contributed by atoms with Gasteiger partial charge >= 0.3 is 0 Å². The van der Waals surface area contributed by atoms with Crippen molar-refractivity contribution in [3.63, 3.8) is 0 Å². The van der Waals surface area contributed by atoms with Crippen molar-refractivity contribution in [1.82, 2.24) is 9.97 Å². The minimum absolute atomic E-state index is 0.349. The van der Waals surface area contributed by atoms with Crippen molar-refractivity contribution < 1.29 is 8.78 Å². The van der Waals surface area contributed by atoms with Gasteiger partial charge in [-0.15, -0.1) is 0 Å². The number of benzene rings is 5. The van der Waals surface area contributed by atoms with Gasteiger partial charge in [0, 0.05) is 21.9 Å². The summed E-state index contributed by atoms with van der Waals surface area (Å²) in [5.74, 6) is -0.697. The Hall–Kier alpha value is -5.22. The lowest BCUT2D eigenvalue weighted by Gasteiger charge is -2.15. The summed E-state index contributed by atoms with van der Waals surface area (Å²) in [6, 6.07) is 41.2. The van der Waals surface area contributed by atoms with Crippen LogP contribution in [0.1, 0.15) is 0 Å². The molecule has 2 aromatic heterocycles. The molecule has 0 radical (unpaired) electrons. The largest absolute Gasteiger partial charge is 0.245 e. The van der Waals surface area contributed by atoms with E-state index in [-0.39, 0.29) is 11.6 Å². The van der Waals surface area contributed by atoms with E-state index in [0.717, 1.165) is 33.0 Å². The third-order valence-corrected chi connectivity index (χ3v) is 7.23. The molecule has 5 aromatic carbocycles. The van der Waals surface area contributed by atoms with Crippen molar-refractivity contribution >= 4 is 21.8 Å². The van der Waals surface area contributed by atoms with Gasteiger partial charge in [0.05, 0.1) is 22.4 Å². The van der Waals surface area contributed by atoms with Crippen LogP contribution in [0.25, 0.3) is 66.6 Å². The molecule has 2 heterocycles. The van der Waals surface area contributed by atoms with Gasteiger partial charge in [-0.25, -0.2) is 18.7 Å². The zero-order chi connectivity index (χ0) is 27.1. The number of rotatable bonds is 4. The average molecular weight is 521 g/mol. The maximum Gasteiger partial charge on any atom is 0.132 e. The fourth-order valence-corrected chi connectivity index (χ4v) is 5.30. The zero-order valence-electron chi connectivity index (χ0n) is 21.4. The smallest absolute Gasteiger partial charge is 0.132 e. The lowest BCUT2D eigenvalue weighted by atomic mass is 9.94. The van der Waals surface area contributed by atoms with Crippen LogP contribution in [0.4, 0.5) is 8.78 Å². The van der Waals surface area contributed by atoms with Gasteiger partial charge in [-0.2, -0.15) is 0 Å². The number of halogens is 2. The Kier molecular flexibility index (Phi) is 5.86. The molecule has 0 unspecified atom stereocenters. The monoisotopic (exact) mass is 520 g/mol. The summed E-state index contributed by atoms with van der Waals surface area (Å²) in [5.41, 5.74) is 6.92. The second kappa shape index (κ2) is 9.83. The van der Waals surface area contributed by atoms with Gasteiger partial charge in [-0.1, -0.05) is 97.1 Å². The molecule has 0 saturated carbocycles. The van der Waals surface area contributed by atoms with E-state index in [2.05, 4.69) is 12.1 Å². The fraction of sp³-hybridized carbons (Fsp3) is 0. The van der Waals surface area contributed by atoms with Crippen molar-refractivity contribution in [1.29, 1.82) is 0 Å². The van der Waals surface area contributed by atoms with E-state index in [1.807, 2.05) is 72.8 Å². The summed E-state index contributed by atoms with van der Waals surface area (Å²) in [5, 5.41) is 1.77. The lowest BCUT2D eigenvalue weighted by molar-refractivity contribution is 0.630. The van der Waals surface area contributed by atoms with Gasteiger partial charge in [0.15, 0.2) is 0 Å². The Morgan fingerprint density at radius 3 is 1.15 bits per heavy atom. The van der Waals surface area contributed by atoms with E-state index in [0.29, 0.717) is 33.5 Å². The molecule has 0 N–H and O–H groups in total. The first-order valence-corrected chi connectivity index (χ1v) is 13.1. The molecule has 0 aliphatic rings. The van der Waals surface area contributed by atoms with Crippen LogP contribution < -0.4 is 0 Å². The van der Waals surface area contributed by atoms with Crippen LogP contribution >= 0.6 is 0 Å². The van der Waals surface area contributed by atoms with Crippen LogP contribution in [-0.4, -0.2) is 9.97 Å². The Morgan fingerprint density at radius 1 is 0.375 bits per heavy atom. The molecule has 40 heavy (non-hydrogen) atoms. The van der Waals surface area contributed by atoms with Crippen LogP contribution in [0, 0.1) is 11.6 Å². The van der Waals surface area contributed by atoms with Gasteiger partial charge in [-0.3, -0.25) is 0 Å². The highest BCUT2D eigenvalue weighted by Gasteiger charge is 2.18. The highest BCUT2D eigenvalue weighted by molar-refractivity contribution is 6.13. The summed E-state index contributed by atoms with van der Waals surface area (Å²) >= 11 is 0. The van der Waals surface area contributed by atoms with E-state index < -0.39 is 0 Å². The van der Waals surface area contributed by atoms with Crippen LogP contribution in [-0.2, 0) is 0 Å².